The van der Waals surface area contributed by atoms with Crippen molar-refractivity contribution in [2.45, 2.75) is 12.8 Å². The zero-order valence-electron chi connectivity index (χ0n) is 16.9. The predicted molar refractivity (Wildman–Crippen MR) is 121 cm³/mol. The molecule has 2 aromatic carbocycles. The Labute approximate surface area is 185 Å². The lowest BCUT2D eigenvalue weighted by molar-refractivity contribution is -0.121. The number of hydrogen-bond donors (Lipinski definition) is 1. The largest absolute Gasteiger partial charge is 0.378 e. The van der Waals surface area contributed by atoms with Gasteiger partial charge < -0.3 is 19.9 Å². The van der Waals surface area contributed by atoms with Gasteiger partial charge in [-0.25, -0.2) is 0 Å². The molecule has 0 aliphatic carbocycles. The summed E-state index contributed by atoms with van der Waals surface area (Å²) in [7, 11) is 0. The quantitative estimate of drug-likeness (QED) is 0.736. The van der Waals surface area contributed by atoms with Gasteiger partial charge in [0.25, 0.3) is 5.91 Å². The van der Waals surface area contributed by atoms with E-state index < -0.39 is 0 Å². The monoisotopic (exact) mass is 471 g/mol. The third-order valence-electron chi connectivity index (χ3n) is 5.76. The van der Waals surface area contributed by atoms with E-state index in [2.05, 4.69) is 26.1 Å². The molecule has 2 fully saturated rings. The van der Waals surface area contributed by atoms with E-state index in [0.29, 0.717) is 44.7 Å². The highest BCUT2D eigenvalue weighted by molar-refractivity contribution is 9.10. The molecule has 2 heterocycles. The molecule has 0 spiro atoms. The second-order valence-electron chi connectivity index (χ2n) is 7.68. The van der Waals surface area contributed by atoms with Gasteiger partial charge in [0.05, 0.1) is 24.6 Å². The van der Waals surface area contributed by atoms with Crippen molar-refractivity contribution in [3.63, 3.8) is 0 Å². The molecule has 0 saturated carbocycles. The molecule has 2 aliphatic heterocycles. The Morgan fingerprint density at radius 1 is 0.933 bits per heavy atom. The van der Waals surface area contributed by atoms with E-state index in [9.17, 15) is 9.59 Å². The van der Waals surface area contributed by atoms with Gasteiger partial charge in [0.1, 0.15) is 0 Å². The highest BCUT2D eigenvalue weighted by Gasteiger charge is 2.28. The fourth-order valence-corrected chi connectivity index (χ4v) is 4.28. The Morgan fingerprint density at radius 3 is 2.30 bits per heavy atom. The van der Waals surface area contributed by atoms with Gasteiger partial charge in [-0.2, -0.15) is 0 Å². The second-order valence-corrected chi connectivity index (χ2v) is 8.59. The van der Waals surface area contributed by atoms with E-state index in [1.165, 1.54) is 0 Å². The number of ether oxygens (including phenoxy) is 1. The van der Waals surface area contributed by atoms with Gasteiger partial charge in [0, 0.05) is 42.1 Å². The van der Waals surface area contributed by atoms with Crippen LogP contribution in [0.3, 0.4) is 0 Å². The Balaban J connectivity index is 1.35. The minimum atomic E-state index is -0.0864. The van der Waals surface area contributed by atoms with E-state index in [1.807, 2.05) is 53.4 Å². The summed E-state index contributed by atoms with van der Waals surface area (Å²) in [5, 5.41) is 3.13. The third-order valence-corrected chi connectivity index (χ3v) is 6.29. The van der Waals surface area contributed by atoms with Crippen molar-refractivity contribution in [3.8, 4) is 0 Å². The number of amides is 2. The predicted octanol–water partition coefficient (Wildman–Crippen LogP) is 3.78. The van der Waals surface area contributed by atoms with Crippen molar-refractivity contribution in [3.05, 3.63) is 58.6 Å². The molecule has 2 amide bonds. The lowest BCUT2D eigenvalue weighted by Gasteiger charge is -2.33. The molecule has 0 radical (unpaired) electrons. The summed E-state index contributed by atoms with van der Waals surface area (Å²) in [4.78, 5) is 29.7. The number of nitrogens with zero attached hydrogens (tertiary/aromatic N) is 2. The van der Waals surface area contributed by atoms with Crippen LogP contribution in [0.5, 0.6) is 0 Å². The van der Waals surface area contributed by atoms with E-state index in [-0.39, 0.29) is 17.7 Å². The standard InChI is InChI=1S/C23H26BrN3O3/c24-19-7-5-18(6-8-19)23(29)27-11-9-17(10-12-27)22(28)25-20-3-1-2-4-21(20)26-13-15-30-16-14-26/h1-8,17H,9-16H2,(H,25,28). The molecule has 30 heavy (non-hydrogen) atoms. The van der Waals surface area contributed by atoms with Crippen LogP contribution in [0.4, 0.5) is 11.4 Å². The summed E-state index contributed by atoms with van der Waals surface area (Å²) in [5.74, 6) is -0.0258. The van der Waals surface area contributed by atoms with Gasteiger partial charge in [0.2, 0.25) is 5.91 Å². The van der Waals surface area contributed by atoms with Gasteiger partial charge in [-0.15, -0.1) is 0 Å². The number of morpholine rings is 1. The molecule has 2 saturated heterocycles. The third kappa shape index (κ3) is 4.84. The summed E-state index contributed by atoms with van der Waals surface area (Å²) < 4.78 is 6.39. The Bertz CT molecular complexity index is 889. The van der Waals surface area contributed by atoms with Crippen molar-refractivity contribution >= 4 is 39.1 Å². The number of anilines is 2. The van der Waals surface area contributed by atoms with Crippen LogP contribution in [-0.4, -0.2) is 56.1 Å². The van der Waals surface area contributed by atoms with Gasteiger partial charge in [0.15, 0.2) is 0 Å². The minimum absolute atomic E-state index is 0.0269. The molecule has 2 aliphatic rings. The van der Waals surface area contributed by atoms with Crippen LogP contribution >= 0.6 is 15.9 Å². The van der Waals surface area contributed by atoms with Crippen molar-refractivity contribution in [1.29, 1.82) is 0 Å². The Hall–Kier alpha value is -2.38. The zero-order chi connectivity index (χ0) is 20.9. The molecule has 4 rings (SSSR count). The van der Waals surface area contributed by atoms with Crippen molar-refractivity contribution in [2.75, 3.05) is 49.6 Å². The molecule has 0 aromatic heterocycles. The molecule has 0 atom stereocenters. The number of hydrogen-bond acceptors (Lipinski definition) is 4. The summed E-state index contributed by atoms with van der Waals surface area (Å²) in [6.07, 6.45) is 1.35. The molecular formula is C23H26BrN3O3. The Kier molecular flexibility index (Phi) is 6.69. The molecule has 7 heteroatoms. The van der Waals surface area contributed by atoms with Crippen LogP contribution in [-0.2, 0) is 9.53 Å². The summed E-state index contributed by atoms with van der Waals surface area (Å²) in [5.41, 5.74) is 2.57. The second kappa shape index (κ2) is 9.62. The summed E-state index contributed by atoms with van der Waals surface area (Å²) in [6.45, 7) is 4.24. The number of likely N-dealkylation sites (tertiary alicyclic amines) is 1. The first kappa shape index (κ1) is 20.9. The number of halogens is 1. The van der Waals surface area contributed by atoms with Crippen LogP contribution in [0.15, 0.2) is 53.0 Å². The first-order valence-electron chi connectivity index (χ1n) is 10.4. The molecule has 2 aromatic rings. The average Bonchev–Trinajstić information content (AvgIpc) is 2.80. The molecule has 158 valence electrons. The van der Waals surface area contributed by atoms with Crippen molar-refractivity contribution < 1.29 is 14.3 Å². The van der Waals surface area contributed by atoms with E-state index in [4.69, 9.17) is 4.74 Å². The van der Waals surface area contributed by atoms with Crippen LogP contribution in [0.25, 0.3) is 0 Å². The molecule has 0 unspecified atom stereocenters. The lowest BCUT2D eigenvalue weighted by atomic mass is 9.95. The van der Waals surface area contributed by atoms with Crippen LogP contribution < -0.4 is 10.2 Å². The van der Waals surface area contributed by atoms with Gasteiger partial charge in [-0.1, -0.05) is 28.1 Å². The summed E-state index contributed by atoms with van der Waals surface area (Å²) in [6, 6.07) is 15.3. The zero-order valence-corrected chi connectivity index (χ0v) is 18.4. The average molecular weight is 472 g/mol. The molecule has 6 nitrogen and oxygen atoms in total. The number of carbonyl (C=O) groups excluding carboxylic acids is 2. The van der Waals surface area contributed by atoms with E-state index in [1.54, 1.807) is 0 Å². The Morgan fingerprint density at radius 2 is 1.60 bits per heavy atom. The number of piperidine rings is 1. The number of benzene rings is 2. The van der Waals surface area contributed by atoms with Crippen LogP contribution in [0.1, 0.15) is 23.2 Å². The van der Waals surface area contributed by atoms with Crippen LogP contribution in [0.2, 0.25) is 0 Å². The molecule has 0 bridgehead atoms. The smallest absolute Gasteiger partial charge is 0.253 e. The highest BCUT2D eigenvalue weighted by atomic mass is 79.9. The topological polar surface area (TPSA) is 61.9 Å². The van der Waals surface area contributed by atoms with Crippen LogP contribution in [0, 0.1) is 5.92 Å². The normalized spacial score (nSPS) is 17.6. The number of carbonyl (C=O) groups is 2. The van der Waals surface area contributed by atoms with E-state index >= 15 is 0 Å². The number of rotatable bonds is 4. The maximum absolute atomic E-state index is 12.9. The minimum Gasteiger partial charge on any atom is -0.378 e. The van der Waals surface area contributed by atoms with Gasteiger partial charge >= 0.3 is 0 Å². The van der Waals surface area contributed by atoms with E-state index in [0.717, 1.165) is 28.9 Å². The van der Waals surface area contributed by atoms with Crippen molar-refractivity contribution in [1.82, 2.24) is 4.90 Å². The summed E-state index contributed by atoms with van der Waals surface area (Å²) >= 11 is 3.39. The lowest BCUT2D eigenvalue weighted by Crippen LogP contribution is -2.41. The first-order chi connectivity index (χ1) is 14.6. The molecule has 1 N–H and O–H groups in total. The maximum atomic E-state index is 12.9. The van der Waals surface area contributed by atoms with Crippen molar-refractivity contribution in [2.24, 2.45) is 5.92 Å². The fourth-order valence-electron chi connectivity index (χ4n) is 4.01. The first-order valence-corrected chi connectivity index (χ1v) is 11.2. The SMILES string of the molecule is O=C(Nc1ccccc1N1CCOCC1)C1CCN(C(=O)c2ccc(Br)cc2)CC1. The number of nitrogens with one attached hydrogen (secondary N) is 1. The maximum Gasteiger partial charge on any atom is 0.253 e. The highest BCUT2D eigenvalue weighted by Crippen LogP contribution is 2.28. The fraction of sp³-hybridized carbons (Fsp3) is 0.391. The van der Waals surface area contributed by atoms with Gasteiger partial charge in [-0.05, 0) is 49.2 Å². The number of para-hydroxylation sites is 2. The van der Waals surface area contributed by atoms with Gasteiger partial charge in [-0.3, -0.25) is 9.59 Å². The molecular weight excluding hydrogens is 446 g/mol.